The van der Waals surface area contributed by atoms with Crippen LogP contribution in [0.4, 0.5) is 0 Å². The minimum absolute atomic E-state index is 0.815. The second-order valence-electron chi connectivity index (χ2n) is 3.61. The van der Waals surface area contributed by atoms with Gasteiger partial charge in [0.1, 0.15) is 0 Å². The first-order valence-corrected chi connectivity index (χ1v) is 5.06. The molecule has 0 radical (unpaired) electrons. The van der Waals surface area contributed by atoms with E-state index in [1.165, 1.54) is 5.56 Å². The Labute approximate surface area is 89.8 Å². The summed E-state index contributed by atoms with van der Waals surface area (Å²) in [5, 5.41) is 3.36. The fraction of sp³-hybridized carbons (Fsp3) is 0.250. The predicted molar refractivity (Wildman–Crippen MR) is 60.2 cm³/mol. The number of nitrogens with one attached hydrogen (secondary N) is 1. The van der Waals surface area contributed by atoms with Gasteiger partial charge in [-0.1, -0.05) is 6.07 Å². The number of hydrogen-bond donors (Lipinski definition) is 1. The average Bonchev–Trinajstić information content (AvgIpc) is 2.66. The van der Waals surface area contributed by atoms with E-state index in [1.54, 1.807) is 0 Å². The highest BCUT2D eigenvalue weighted by atomic mass is 14.9. The van der Waals surface area contributed by atoms with Crippen molar-refractivity contribution in [1.29, 1.82) is 0 Å². The lowest BCUT2D eigenvalue weighted by atomic mass is 10.3. The normalized spacial score (nSPS) is 10.5. The Bertz CT molecular complexity index is 406. The molecule has 2 heterocycles. The van der Waals surface area contributed by atoms with Crippen LogP contribution in [-0.4, -0.2) is 9.55 Å². The minimum Gasteiger partial charge on any atom is -0.357 e. The van der Waals surface area contributed by atoms with Crippen LogP contribution in [0.1, 0.15) is 11.3 Å². The highest BCUT2D eigenvalue weighted by Crippen LogP contribution is 1.99. The predicted octanol–water partition coefficient (Wildman–Crippen LogP) is 1.71. The Hall–Kier alpha value is -1.61. The molecule has 2 aromatic rings. The van der Waals surface area contributed by atoms with Crippen molar-refractivity contribution in [2.24, 2.45) is 7.05 Å². The lowest BCUT2D eigenvalue weighted by molar-refractivity contribution is 0.678. The van der Waals surface area contributed by atoms with Crippen LogP contribution >= 0.6 is 0 Å². The quantitative estimate of drug-likeness (QED) is 0.816. The lowest BCUT2D eigenvalue weighted by Crippen LogP contribution is -2.13. The molecule has 0 aliphatic carbocycles. The molecule has 3 nitrogen and oxygen atoms in total. The van der Waals surface area contributed by atoms with E-state index in [1.807, 2.05) is 31.4 Å². The Morgan fingerprint density at radius 1 is 1.27 bits per heavy atom. The van der Waals surface area contributed by atoms with Crippen LogP contribution in [0.3, 0.4) is 0 Å². The molecule has 0 unspecified atom stereocenters. The van der Waals surface area contributed by atoms with Crippen LogP contribution in [0.15, 0.2) is 42.9 Å². The summed E-state index contributed by atoms with van der Waals surface area (Å²) in [6.45, 7) is 1.70. The van der Waals surface area contributed by atoms with E-state index in [4.69, 9.17) is 0 Å². The van der Waals surface area contributed by atoms with Crippen molar-refractivity contribution in [2.75, 3.05) is 0 Å². The SMILES string of the molecule is Cn1ccc(CNCc2ccccn2)c1. The number of rotatable bonds is 4. The molecule has 0 saturated heterocycles. The molecule has 78 valence electrons. The van der Waals surface area contributed by atoms with Crippen molar-refractivity contribution < 1.29 is 0 Å². The van der Waals surface area contributed by atoms with Crippen LogP contribution in [0.5, 0.6) is 0 Å². The van der Waals surface area contributed by atoms with Crippen molar-refractivity contribution in [3.05, 3.63) is 54.1 Å². The second-order valence-corrected chi connectivity index (χ2v) is 3.61. The summed E-state index contributed by atoms with van der Waals surface area (Å²) in [4.78, 5) is 4.25. The first-order chi connectivity index (χ1) is 7.34. The molecule has 0 saturated carbocycles. The number of hydrogen-bond acceptors (Lipinski definition) is 2. The summed E-state index contributed by atoms with van der Waals surface area (Å²) in [5.41, 5.74) is 2.38. The molecule has 15 heavy (non-hydrogen) atoms. The average molecular weight is 201 g/mol. The first kappa shape index (κ1) is 9.93. The zero-order valence-electron chi connectivity index (χ0n) is 8.85. The second kappa shape index (κ2) is 4.75. The maximum absolute atomic E-state index is 4.25. The fourth-order valence-electron chi connectivity index (χ4n) is 1.50. The standard InChI is InChI=1S/C12H15N3/c1-15-7-5-11(10-15)8-13-9-12-4-2-3-6-14-12/h2-7,10,13H,8-9H2,1H3. The van der Waals surface area contributed by atoms with Crippen LogP contribution in [0.2, 0.25) is 0 Å². The number of pyridine rings is 1. The van der Waals surface area contributed by atoms with E-state index < -0.39 is 0 Å². The van der Waals surface area contributed by atoms with Gasteiger partial charge in [-0.2, -0.15) is 0 Å². The van der Waals surface area contributed by atoms with Crippen LogP contribution in [0.25, 0.3) is 0 Å². The highest BCUT2D eigenvalue weighted by Gasteiger charge is 1.95. The molecular formula is C12H15N3. The van der Waals surface area contributed by atoms with Crippen molar-refractivity contribution in [2.45, 2.75) is 13.1 Å². The van der Waals surface area contributed by atoms with E-state index in [-0.39, 0.29) is 0 Å². The molecule has 0 atom stereocenters. The van der Waals surface area contributed by atoms with Crippen molar-refractivity contribution in [3.63, 3.8) is 0 Å². The van der Waals surface area contributed by atoms with E-state index in [0.29, 0.717) is 0 Å². The molecule has 0 amide bonds. The van der Waals surface area contributed by atoms with Gasteiger partial charge in [0.05, 0.1) is 5.69 Å². The van der Waals surface area contributed by atoms with Gasteiger partial charge < -0.3 is 9.88 Å². The maximum Gasteiger partial charge on any atom is 0.0541 e. The number of nitrogens with zero attached hydrogens (tertiary/aromatic N) is 2. The van der Waals surface area contributed by atoms with Crippen LogP contribution < -0.4 is 5.32 Å². The van der Waals surface area contributed by atoms with Gasteiger partial charge in [0.25, 0.3) is 0 Å². The fourth-order valence-corrected chi connectivity index (χ4v) is 1.50. The summed E-state index contributed by atoms with van der Waals surface area (Å²) in [6.07, 6.45) is 5.99. The van der Waals surface area contributed by atoms with E-state index in [2.05, 4.69) is 33.3 Å². The zero-order chi connectivity index (χ0) is 10.5. The van der Waals surface area contributed by atoms with Crippen molar-refractivity contribution >= 4 is 0 Å². The van der Waals surface area contributed by atoms with Gasteiger partial charge in [-0.05, 0) is 23.8 Å². The van der Waals surface area contributed by atoms with Gasteiger partial charge >= 0.3 is 0 Å². The van der Waals surface area contributed by atoms with Gasteiger partial charge in [0, 0.05) is 38.7 Å². The highest BCUT2D eigenvalue weighted by molar-refractivity contribution is 5.10. The Kier molecular flexibility index (Phi) is 3.15. The molecule has 2 rings (SSSR count). The first-order valence-electron chi connectivity index (χ1n) is 5.06. The zero-order valence-corrected chi connectivity index (χ0v) is 8.85. The smallest absolute Gasteiger partial charge is 0.0541 e. The van der Waals surface area contributed by atoms with Crippen LogP contribution in [-0.2, 0) is 20.1 Å². The summed E-state index contributed by atoms with van der Waals surface area (Å²) in [7, 11) is 2.03. The van der Waals surface area contributed by atoms with E-state index >= 15 is 0 Å². The van der Waals surface area contributed by atoms with Gasteiger partial charge in [-0.15, -0.1) is 0 Å². The minimum atomic E-state index is 0.815. The molecule has 0 aliphatic heterocycles. The largest absolute Gasteiger partial charge is 0.357 e. The Morgan fingerprint density at radius 2 is 2.20 bits per heavy atom. The molecule has 0 aliphatic rings. The number of aromatic nitrogens is 2. The lowest BCUT2D eigenvalue weighted by Gasteiger charge is -2.02. The molecule has 0 spiro atoms. The van der Waals surface area contributed by atoms with E-state index in [9.17, 15) is 0 Å². The third-order valence-corrected chi connectivity index (χ3v) is 2.25. The molecule has 0 fully saturated rings. The van der Waals surface area contributed by atoms with Gasteiger partial charge in [-0.3, -0.25) is 4.98 Å². The van der Waals surface area contributed by atoms with Gasteiger partial charge in [0.15, 0.2) is 0 Å². The molecule has 0 aromatic carbocycles. The summed E-state index contributed by atoms with van der Waals surface area (Å²) >= 11 is 0. The van der Waals surface area contributed by atoms with Crippen LogP contribution in [0, 0.1) is 0 Å². The van der Waals surface area contributed by atoms with Crippen molar-refractivity contribution in [3.8, 4) is 0 Å². The monoisotopic (exact) mass is 201 g/mol. The van der Waals surface area contributed by atoms with Crippen molar-refractivity contribution in [1.82, 2.24) is 14.9 Å². The molecule has 0 bridgehead atoms. The molecule has 3 heteroatoms. The molecular weight excluding hydrogens is 186 g/mol. The Balaban J connectivity index is 1.80. The molecule has 1 N–H and O–H groups in total. The summed E-state index contributed by atoms with van der Waals surface area (Å²) < 4.78 is 2.05. The number of aryl methyl sites for hydroxylation is 1. The van der Waals surface area contributed by atoms with Gasteiger partial charge in [0.2, 0.25) is 0 Å². The third kappa shape index (κ3) is 2.92. The Morgan fingerprint density at radius 3 is 2.87 bits per heavy atom. The topological polar surface area (TPSA) is 29.9 Å². The van der Waals surface area contributed by atoms with Gasteiger partial charge in [-0.25, -0.2) is 0 Å². The summed E-state index contributed by atoms with van der Waals surface area (Å²) in [6, 6.07) is 8.08. The summed E-state index contributed by atoms with van der Waals surface area (Å²) in [5.74, 6) is 0. The van der Waals surface area contributed by atoms with E-state index in [0.717, 1.165) is 18.8 Å². The third-order valence-electron chi connectivity index (χ3n) is 2.25. The molecule has 2 aromatic heterocycles. The maximum atomic E-state index is 4.25.